The number of ketones is 1. The van der Waals surface area contributed by atoms with Gasteiger partial charge in [0.2, 0.25) is 5.78 Å². The van der Waals surface area contributed by atoms with Crippen molar-refractivity contribution in [2.75, 3.05) is 6.54 Å². The number of carbonyl (C=O) groups excluding carboxylic acids is 2. The van der Waals surface area contributed by atoms with E-state index >= 15 is 0 Å². The smallest absolute Gasteiger partial charge is 0.407 e. The Morgan fingerprint density at radius 2 is 2.11 bits per heavy atom. The van der Waals surface area contributed by atoms with Crippen LogP contribution in [0.3, 0.4) is 0 Å². The SMILES string of the molecule is CCNC(=O)O[C@H](C)C(=O)c1cc2ccccc2o1. The van der Waals surface area contributed by atoms with Gasteiger partial charge in [-0.3, -0.25) is 4.79 Å². The van der Waals surface area contributed by atoms with Crippen molar-refractivity contribution in [1.82, 2.24) is 5.32 Å². The van der Waals surface area contributed by atoms with E-state index < -0.39 is 12.2 Å². The molecule has 0 aliphatic carbocycles. The van der Waals surface area contributed by atoms with Crippen molar-refractivity contribution < 1.29 is 18.7 Å². The third kappa shape index (κ3) is 2.93. The minimum absolute atomic E-state index is 0.193. The Morgan fingerprint density at radius 3 is 2.79 bits per heavy atom. The maximum Gasteiger partial charge on any atom is 0.407 e. The molecule has 0 fully saturated rings. The molecule has 1 N–H and O–H groups in total. The maximum atomic E-state index is 12.1. The number of amides is 1. The number of hydrogen-bond acceptors (Lipinski definition) is 4. The molecule has 5 nitrogen and oxygen atoms in total. The second kappa shape index (κ2) is 5.56. The van der Waals surface area contributed by atoms with Crippen LogP contribution in [0.1, 0.15) is 24.4 Å². The van der Waals surface area contributed by atoms with E-state index in [1.807, 2.05) is 18.2 Å². The molecular weight excluding hydrogens is 246 g/mol. The Bertz CT molecular complexity index is 569. The quantitative estimate of drug-likeness (QED) is 0.859. The lowest BCUT2D eigenvalue weighted by atomic mass is 10.2. The number of nitrogens with one attached hydrogen (secondary N) is 1. The van der Waals surface area contributed by atoms with Crippen LogP contribution in [0.2, 0.25) is 0 Å². The molecular formula is C14H15NO4. The molecule has 1 heterocycles. The molecule has 2 aromatic rings. The number of carbonyl (C=O) groups is 2. The molecule has 5 heteroatoms. The highest BCUT2D eigenvalue weighted by Crippen LogP contribution is 2.20. The number of ether oxygens (including phenoxy) is 1. The summed E-state index contributed by atoms with van der Waals surface area (Å²) in [5, 5.41) is 3.31. The van der Waals surface area contributed by atoms with Gasteiger partial charge in [-0.15, -0.1) is 0 Å². The van der Waals surface area contributed by atoms with Crippen LogP contribution in [0.15, 0.2) is 34.7 Å². The summed E-state index contributed by atoms with van der Waals surface area (Å²) in [6.45, 7) is 3.74. The standard InChI is InChI=1S/C14H15NO4/c1-3-15-14(17)18-9(2)13(16)12-8-10-6-4-5-7-11(10)19-12/h4-9H,3H2,1-2H3,(H,15,17)/t9-/m1/s1. The molecule has 1 aromatic carbocycles. The molecule has 0 aliphatic heterocycles. The van der Waals surface area contributed by atoms with Gasteiger partial charge in [0.1, 0.15) is 5.58 Å². The van der Waals surface area contributed by atoms with Crippen LogP contribution in [-0.2, 0) is 4.74 Å². The van der Waals surface area contributed by atoms with E-state index in [1.54, 1.807) is 19.1 Å². The van der Waals surface area contributed by atoms with E-state index in [4.69, 9.17) is 9.15 Å². The van der Waals surface area contributed by atoms with Crippen molar-refractivity contribution in [3.63, 3.8) is 0 Å². The Balaban J connectivity index is 2.12. The monoisotopic (exact) mass is 261 g/mol. The fraction of sp³-hybridized carbons (Fsp3) is 0.286. The van der Waals surface area contributed by atoms with Crippen LogP contribution < -0.4 is 5.32 Å². The highest BCUT2D eigenvalue weighted by atomic mass is 16.6. The molecule has 100 valence electrons. The van der Waals surface area contributed by atoms with Crippen molar-refractivity contribution in [1.29, 1.82) is 0 Å². The number of alkyl carbamates (subject to hydrolysis) is 1. The second-order valence-corrected chi connectivity index (χ2v) is 4.09. The van der Waals surface area contributed by atoms with Gasteiger partial charge in [0.05, 0.1) is 0 Å². The highest BCUT2D eigenvalue weighted by molar-refractivity contribution is 6.00. The van der Waals surface area contributed by atoms with Crippen LogP contribution in [0.25, 0.3) is 11.0 Å². The fourth-order valence-corrected chi connectivity index (χ4v) is 1.70. The minimum atomic E-state index is -0.882. The summed E-state index contributed by atoms with van der Waals surface area (Å²) in [5.41, 5.74) is 0.635. The molecule has 19 heavy (non-hydrogen) atoms. The number of hydrogen-bond donors (Lipinski definition) is 1. The summed E-state index contributed by atoms with van der Waals surface area (Å²) < 4.78 is 10.4. The van der Waals surface area contributed by atoms with Crippen molar-refractivity contribution in [3.8, 4) is 0 Å². The number of para-hydroxylation sites is 1. The summed E-state index contributed by atoms with van der Waals surface area (Å²) in [7, 11) is 0. The largest absolute Gasteiger partial charge is 0.453 e. The number of fused-ring (bicyclic) bond motifs is 1. The van der Waals surface area contributed by atoms with Crippen molar-refractivity contribution in [2.24, 2.45) is 0 Å². The zero-order chi connectivity index (χ0) is 13.8. The molecule has 0 spiro atoms. The zero-order valence-electron chi connectivity index (χ0n) is 10.8. The number of Topliss-reactive ketones (excluding diaryl/α,β-unsaturated/α-hetero) is 1. The number of rotatable bonds is 4. The lowest BCUT2D eigenvalue weighted by Crippen LogP contribution is -2.31. The normalized spacial score (nSPS) is 12.1. The molecule has 0 saturated carbocycles. The van der Waals surface area contributed by atoms with Crippen LogP contribution in [0.5, 0.6) is 0 Å². The first-order chi connectivity index (χ1) is 9.11. The van der Waals surface area contributed by atoms with Crippen LogP contribution in [-0.4, -0.2) is 24.5 Å². The zero-order valence-corrected chi connectivity index (χ0v) is 10.8. The second-order valence-electron chi connectivity index (χ2n) is 4.09. The van der Waals surface area contributed by atoms with Gasteiger partial charge in [-0.25, -0.2) is 4.79 Å². The van der Waals surface area contributed by atoms with Gasteiger partial charge in [0.25, 0.3) is 0 Å². The van der Waals surface area contributed by atoms with E-state index in [1.165, 1.54) is 6.92 Å². The number of furan rings is 1. The first-order valence-corrected chi connectivity index (χ1v) is 6.09. The Morgan fingerprint density at radius 1 is 1.37 bits per heavy atom. The van der Waals surface area contributed by atoms with E-state index in [9.17, 15) is 9.59 Å². The van der Waals surface area contributed by atoms with Gasteiger partial charge >= 0.3 is 6.09 Å². The van der Waals surface area contributed by atoms with E-state index in [0.29, 0.717) is 12.1 Å². The maximum absolute atomic E-state index is 12.1. The molecule has 0 saturated heterocycles. The van der Waals surface area contributed by atoms with Crippen molar-refractivity contribution >= 4 is 22.8 Å². The molecule has 1 atom stereocenters. The van der Waals surface area contributed by atoms with Crippen LogP contribution in [0.4, 0.5) is 4.79 Å². The molecule has 2 rings (SSSR count). The molecule has 0 aliphatic rings. The van der Waals surface area contributed by atoms with Gasteiger partial charge in [-0.2, -0.15) is 0 Å². The van der Waals surface area contributed by atoms with Crippen molar-refractivity contribution in [2.45, 2.75) is 20.0 Å². The van der Waals surface area contributed by atoms with Crippen molar-refractivity contribution in [3.05, 3.63) is 36.1 Å². The first kappa shape index (κ1) is 13.1. The Hall–Kier alpha value is -2.30. The van der Waals surface area contributed by atoms with Gasteiger partial charge in [0, 0.05) is 11.9 Å². The third-order valence-corrected chi connectivity index (χ3v) is 2.64. The Kier molecular flexibility index (Phi) is 3.85. The van der Waals surface area contributed by atoms with E-state index in [0.717, 1.165) is 5.39 Å². The van der Waals surface area contributed by atoms with Crippen LogP contribution in [0, 0.1) is 0 Å². The summed E-state index contributed by atoms with van der Waals surface area (Å²) >= 11 is 0. The van der Waals surface area contributed by atoms with Gasteiger partial charge in [-0.05, 0) is 26.0 Å². The first-order valence-electron chi connectivity index (χ1n) is 6.09. The molecule has 1 amide bonds. The number of benzene rings is 1. The predicted octanol–water partition coefficient (Wildman–Crippen LogP) is 2.75. The predicted molar refractivity (Wildman–Crippen MR) is 70.2 cm³/mol. The third-order valence-electron chi connectivity index (χ3n) is 2.64. The average Bonchev–Trinajstić information content (AvgIpc) is 2.81. The van der Waals surface area contributed by atoms with E-state index in [-0.39, 0.29) is 11.5 Å². The lowest BCUT2D eigenvalue weighted by Gasteiger charge is -2.10. The minimum Gasteiger partial charge on any atom is -0.453 e. The molecule has 1 aromatic heterocycles. The summed E-state index contributed by atoms with van der Waals surface area (Å²) in [4.78, 5) is 23.3. The van der Waals surface area contributed by atoms with Gasteiger partial charge in [0.15, 0.2) is 11.9 Å². The average molecular weight is 261 g/mol. The van der Waals surface area contributed by atoms with Gasteiger partial charge < -0.3 is 14.5 Å². The highest BCUT2D eigenvalue weighted by Gasteiger charge is 2.22. The molecule has 0 unspecified atom stereocenters. The van der Waals surface area contributed by atoms with E-state index in [2.05, 4.69) is 5.32 Å². The molecule has 0 bridgehead atoms. The fourth-order valence-electron chi connectivity index (χ4n) is 1.70. The topological polar surface area (TPSA) is 68.5 Å². The van der Waals surface area contributed by atoms with Crippen LogP contribution >= 0.6 is 0 Å². The summed E-state index contributed by atoms with van der Waals surface area (Å²) in [6.07, 6.45) is -1.49. The van der Waals surface area contributed by atoms with Gasteiger partial charge in [-0.1, -0.05) is 18.2 Å². The molecule has 0 radical (unpaired) electrons. The lowest BCUT2D eigenvalue weighted by molar-refractivity contribution is 0.0649. The Labute approximate surface area is 110 Å². The summed E-state index contributed by atoms with van der Waals surface area (Å²) in [6, 6.07) is 8.97. The summed E-state index contributed by atoms with van der Waals surface area (Å²) in [5.74, 6) is -0.166.